The van der Waals surface area contributed by atoms with E-state index >= 15 is 0 Å². The molecule has 1 aliphatic heterocycles. The zero-order chi connectivity index (χ0) is 11.9. The van der Waals surface area contributed by atoms with Gasteiger partial charge < -0.3 is 10.1 Å². The largest absolute Gasteiger partial charge is 0.459 e. The third-order valence-electron chi connectivity index (χ3n) is 3.15. The van der Waals surface area contributed by atoms with Gasteiger partial charge in [0.25, 0.3) is 0 Å². The van der Waals surface area contributed by atoms with Crippen molar-refractivity contribution in [3.8, 4) is 0 Å². The molecule has 3 atom stereocenters. The number of hydrogen-bond donors (Lipinski definition) is 1. The second-order valence-electron chi connectivity index (χ2n) is 5.80. The van der Waals surface area contributed by atoms with Crippen molar-refractivity contribution >= 4 is 11.8 Å². The molecule has 1 saturated carbocycles. The van der Waals surface area contributed by atoms with Crippen LogP contribution in [0, 0.1) is 5.92 Å². The van der Waals surface area contributed by atoms with Gasteiger partial charge in [0.15, 0.2) is 0 Å². The summed E-state index contributed by atoms with van der Waals surface area (Å²) in [6, 6.07) is -0.0210. The van der Waals surface area contributed by atoms with Crippen molar-refractivity contribution in [2.75, 3.05) is 0 Å². The number of hydrogen-bond acceptors (Lipinski definition) is 4. The summed E-state index contributed by atoms with van der Waals surface area (Å²) in [6.45, 7) is 5.60. The molecular weight excluding hydrogens is 206 g/mol. The van der Waals surface area contributed by atoms with Crippen LogP contribution in [0.25, 0.3) is 0 Å². The Morgan fingerprint density at radius 3 is 2.62 bits per heavy atom. The third-order valence-corrected chi connectivity index (χ3v) is 3.15. The summed E-state index contributed by atoms with van der Waals surface area (Å²) >= 11 is 0. The molecular formula is C12H19NO3. The van der Waals surface area contributed by atoms with E-state index in [2.05, 4.69) is 5.32 Å². The summed E-state index contributed by atoms with van der Waals surface area (Å²) in [7, 11) is 0. The Kier molecular flexibility index (Phi) is 2.78. The molecule has 2 rings (SSSR count). The first kappa shape index (κ1) is 11.6. The molecule has 1 aliphatic carbocycles. The minimum Gasteiger partial charge on any atom is -0.459 e. The van der Waals surface area contributed by atoms with Crippen molar-refractivity contribution in [1.82, 2.24) is 5.32 Å². The van der Waals surface area contributed by atoms with Gasteiger partial charge in [0, 0.05) is 18.9 Å². The minimum atomic E-state index is -0.438. The Morgan fingerprint density at radius 2 is 2.06 bits per heavy atom. The van der Waals surface area contributed by atoms with Crippen LogP contribution in [0.4, 0.5) is 0 Å². The number of fused-ring (bicyclic) bond motifs is 1. The van der Waals surface area contributed by atoms with Crippen LogP contribution < -0.4 is 5.32 Å². The molecule has 0 spiro atoms. The Balaban J connectivity index is 1.90. The van der Waals surface area contributed by atoms with Gasteiger partial charge in [-0.05, 0) is 33.1 Å². The fraction of sp³-hybridized carbons (Fsp3) is 0.833. The predicted molar refractivity (Wildman–Crippen MR) is 58.9 cm³/mol. The molecule has 0 aromatic heterocycles. The van der Waals surface area contributed by atoms with Crippen LogP contribution in [-0.2, 0) is 14.3 Å². The highest BCUT2D eigenvalue weighted by molar-refractivity contribution is 5.83. The highest BCUT2D eigenvalue weighted by Gasteiger charge is 2.44. The molecule has 1 heterocycles. The number of Topliss-reactive ketones (excluding diaryl/α,β-unsaturated/α-hetero) is 1. The topological polar surface area (TPSA) is 55.4 Å². The Labute approximate surface area is 95.7 Å². The van der Waals surface area contributed by atoms with Gasteiger partial charge in [0.1, 0.15) is 17.4 Å². The zero-order valence-corrected chi connectivity index (χ0v) is 10.1. The molecule has 2 fully saturated rings. The normalized spacial score (nSPS) is 33.9. The lowest BCUT2D eigenvalue weighted by atomic mass is 10.0. The molecule has 2 aliphatic rings. The molecule has 4 heteroatoms. The summed E-state index contributed by atoms with van der Waals surface area (Å²) in [6.07, 6.45) is 1.94. The van der Waals surface area contributed by atoms with Crippen molar-refractivity contribution in [2.45, 2.75) is 57.7 Å². The highest BCUT2D eigenvalue weighted by atomic mass is 16.6. The lowest BCUT2D eigenvalue weighted by Crippen LogP contribution is -2.40. The maximum absolute atomic E-state index is 11.8. The van der Waals surface area contributed by atoms with Crippen molar-refractivity contribution in [3.05, 3.63) is 0 Å². The lowest BCUT2D eigenvalue weighted by molar-refractivity contribution is -0.157. The van der Waals surface area contributed by atoms with Gasteiger partial charge in [-0.3, -0.25) is 9.59 Å². The maximum Gasteiger partial charge on any atom is 0.323 e. The van der Waals surface area contributed by atoms with E-state index in [0.29, 0.717) is 24.5 Å². The Hall–Kier alpha value is -0.900. The number of ketones is 1. The quantitative estimate of drug-likeness (QED) is 0.677. The maximum atomic E-state index is 11.8. The second-order valence-corrected chi connectivity index (χ2v) is 5.80. The van der Waals surface area contributed by atoms with Crippen LogP contribution >= 0.6 is 0 Å². The van der Waals surface area contributed by atoms with Crippen LogP contribution in [0.15, 0.2) is 0 Å². The van der Waals surface area contributed by atoms with E-state index in [9.17, 15) is 9.59 Å². The van der Waals surface area contributed by atoms with Crippen LogP contribution in [0.5, 0.6) is 0 Å². The van der Waals surface area contributed by atoms with Crippen LogP contribution in [0.2, 0.25) is 0 Å². The van der Waals surface area contributed by atoms with Gasteiger partial charge in [0.2, 0.25) is 0 Å². The Morgan fingerprint density at radius 1 is 1.38 bits per heavy atom. The van der Waals surface area contributed by atoms with Crippen LogP contribution in [0.3, 0.4) is 0 Å². The van der Waals surface area contributed by atoms with Gasteiger partial charge in [-0.15, -0.1) is 0 Å². The van der Waals surface area contributed by atoms with Crippen molar-refractivity contribution < 1.29 is 14.3 Å². The number of nitrogens with one attached hydrogen (secondary N) is 1. The molecule has 1 N–H and O–H groups in total. The summed E-state index contributed by atoms with van der Waals surface area (Å²) in [4.78, 5) is 23.0. The summed E-state index contributed by atoms with van der Waals surface area (Å²) in [5.74, 6) is 0.463. The van der Waals surface area contributed by atoms with E-state index in [1.54, 1.807) is 0 Å². The number of esters is 1. The van der Waals surface area contributed by atoms with Crippen molar-refractivity contribution in [2.24, 2.45) is 5.92 Å². The van der Waals surface area contributed by atoms with Crippen LogP contribution in [-0.4, -0.2) is 29.4 Å². The van der Waals surface area contributed by atoms with E-state index in [4.69, 9.17) is 4.74 Å². The standard InChI is InChI=1S/C12H19NO3/c1-12(2,3)16-11(15)10-5-7-4-8(14)6-9(7)13-10/h7,9-10,13H,4-6H2,1-3H3. The molecule has 0 aromatic rings. The average Bonchev–Trinajstić information content (AvgIpc) is 2.56. The minimum absolute atomic E-state index is 0.186. The van der Waals surface area contributed by atoms with Gasteiger partial charge in [0.05, 0.1) is 0 Å². The number of rotatable bonds is 1. The van der Waals surface area contributed by atoms with E-state index in [1.165, 1.54) is 0 Å². The molecule has 0 aromatic carbocycles. The molecule has 4 nitrogen and oxygen atoms in total. The second kappa shape index (κ2) is 3.84. The molecule has 16 heavy (non-hydrogen) atoms. The van der Waals surface area contributed by atoms with E-state index in [-0.39, 0.29) is 18.1 Å². The molecule has 90 valence electrons. The number of carbonyl (C=O) groups is 2. The van der Waals surface area contributed by atoms with Crippen molar-refractivity contribution in [3.63, 3.8) is 0 Å². The summed E-state index contributed by atoms with van der Waals surface area (Å²) in [5, 5.41) is 3.21. The van der Waals surface area contributed by atoms with Gasteiger partial charge in [-0.2, -0.15) is 0 Å². The van der Waals surface area contributed by atoms with E-state index < -0.39 is 5.60 Å². The summed E-state index contributed by atoms with van der Waals surface area (Å²) in [5.41, 5.74) is -0.438. The molecule has 0 amide bonds. The number of ether oxygens (including phenoxy) is 1. The monoisotopic (exact) mass is 225 g/mol. The smallest absolute Gasteiger partial charge is 0.323 e. The fourth-order valence-corrected chi connectivity index (χ4v) is 2.54. The molecule has 3 unspecified atom stereocenters. The molecule has 0 bridgehead atoms. The molecule has 0 radical (unpaired) electrons. The third kappa shape index (κ3) is 2.43. The van der Waals surface area contributed by atoms with Gasteiger partial charge in [-0.25, -0.2) is 0 Å². The first-order valence-corrected chi connectivity index (χ1v) is 5.86. The van der Waals surface area contributed by atoms with E-state index in [0.717, 1.165) is 6.42 Å². The molecule has 1 saturated heterocycles. The first-order chi connectivity index (χ1) is 7.35. The average molecular weight is 225 g/mol. The number of carbonyl (C=O) groups excluding carboxylic acids is 2. The highest BCUT2D eigenvalue weighted by Crippen LogP contribution is 2.33. The van der Waals surface area contributed by atoms with Gasteiger partial charge >= 0.3 is 5.97 Å². The predicted octanol–water partition coefficient (Wildman–Crippen LogP) is 1.04. The van der Waals surface area contributed by atoms with Crippen LogP contribution in [0.1, 0.15) is 40.0 Å². The summed E-state index contributed by atoms with van der Waals surface area (Å²) < 4.78 is 5.33. The van der Waals surface area contributed by atoms with E-state index in [1.807, 2.05) is 20.8 Å². The van der Waals surface area contributed by atoms with Gasteiger partial charge in [-0.1, -0.05) is 0 Å². The SMILES string of the molecule is CC(C)(C)OC(=O)C1CC2CC(=O)CC2N1. The lowest BCUT2D eigenvalue weighted by Gasteiger charge is -2.22. The zero-order valence-electron chi connectivity index (χ0n) is 10.1. The van der Waals surface area contributed by atoms with Crippen molar-refractivity contribution in [1.29, 1.82) is 0 Å². The Bertz CT molecular complexity index is 303. The first-order valence-electron chi connectivity index (χ1n) is 5.86. The fourth-order valence-electron chi connectivity index (χ4n) is 2.54.